The van der Waals surface area contributed by atoms with Crippen LogP contribution < -0.4 is 0 Å². The van der Waals surface area contributed by atoms with E-state index in [2.05, 4.69) is 15.9 Å². The van der Waals surface area contributed by atoms with Gasteiger partial charge in [-0.3, -0.25) is 10.1 Å². The maximum Gasteiger partial charge on any atom is 0.269 e. The van der Waals surface area contributed by atoms with Crippen LogP contribution in [0.1, 0.15) is 17.2 Å². The lowest BCUT2D eigenvalue weighted by atomic mass is 10.0. The third-order valence-electron chi connectivity index (χ3n) is 2.81. The van der Waals surface area contributed by atoms with Crippen LogP contribution in [0, 0.1) is 10.1 Å². The molecule has 1 atom stereocenters. The third kappa shape index (κ3) is 3.62. The first-order valence-electron chi connectivity index (χ1n) is 5.73. The van der Waals surface area contributed by atoms with Gasteiger partial charge in [-0.05, 0) is 23.3 Å². The zero-order valence-corrected chi connectivity index (χ0v) is 11.6. The summed E-state index contributed by atoms with van der Waals surface area (Å²) in [7, 11) is 0. The average molecular weight is 322 g/mol. The molecule has 98 valence electrons. The number of benzene rings is 2. The Morgan fingerprint density at radius 1 is 1.21 bits per heavy atom. The molecule has 0 aliphatic carbocycles. The summed E-state index contributed by atoms with van der Waals surface area (Å²) in [6.07, 6.45) is -0.201. The molecule has 2 aromatic carbocycles. The molecule has 0 aliphatic heterocycles. The standard InChI is InChI=1S/C14H12BrNO3/c15-12-3-1-2-11(9-12)14(17)8-10-4-6-13(7-5-10)16(18)19/h1-7,9,14,17H,8H2. The van der Waals surface area contributed by atoms with Gasteiger partial charge in [-0.25, -0.2) is 0 Å². The van der Waals surface area contributed by atoms with Crippen molar-refractivity contribution in [3.63, 3.8) is 0 Å². The number of hydrogen-bond donors (Lipinski definition) is 1. The van der Waals surface area contributed by atoms with E-state index in [0.717, 1.165) is 15.6 Å². The van der Waals surface area contributed by atoms with E-state index in [0.29, 0.717) is 6.42 Å². The number of aliphatic hydroxyl groups is 1. The maximum atomic E-state index is 10.5. The van der Waals surface area contributed by atoms with Crippen LogP contribution in [-0.2, 0) is 6.42 Å². The Balaban J connectivity index is 2.10. The summed E-state index contributed by atoms with van der Waals surface area (Å²) < 4.78 is 0.910. The van der Waals surface area contributed by atoms with Crippen LogP contribution in [0.2, 0.25) is 0 Å². The SMILES string of the molecule is O=[N+]([O-])c1ccc(CC(O)c2cccc(Br)c2)cc1. The highest BCUT2D eigenvalue weighted by Crippen LogP contribution is 2.22. The zero-order chi connectivity index (χ0) is 13.8. The van der Waals surface area contributed by atoms with E-state index >= 15 is 0 Å². The highest BCUT2D eigenvalue weighted by Gasteiger charge is 2.10. The number of nitro groups is 1. The quantitative estimate of drug-likeness (QED) is 0.690. The van der Waals surface area contributed by atoms with Gasteiger partial charge in [0.15, 0.2) is 0 Å². The van der Waals surface area contributed by atoms with Crippen molar-refractivity contribution in [2.75, 3.05) is 0 Å². The van der Waals surface area contributed by atoms with Crippen LogP contribution in [0.4, 0.5) is 5.69 Å². The molecular weight excluding hydrogens is 310 g/mol. The van der Waals surface area contributed by atoms with Crippen molar-refractivity contribution < 1.29 is 10.0 Å². The third-order valence-corrected chi connectivity index (χ3v) is 3.30. The molecule has 0 amide bonds. The minimum absolute atomic E-state index is 0.0562. The molecule has 0 bridgehead atoms. The molecule has 0 saturated carbocycles. The Labute approximate surface area is 119 Å². The molecule has 0 aromatic heterocycles. The normalized spacial score (nSPS) is 12.1. The van der Waals surface area contributed by atoms with Gasteiger partial charge in [0.2, 0.25) is 0 Å². The van der Waals surface area contributed by atoms with E-state index in [1.165, 1.54) is 12.1 Å². The van der Waals surface area contributed by atoms with Crippen molar-refractivity contribution >= 4 is 21.6 Å². The number of non-ortho nitro benzene ring substituents is 1. The van der Waals surface area contributed by atoms with Crippen molar-refractivity contribution in [3.8, 4) is 0 Å². The maximum absolute atomic E-state index is 10.5. The first-order chi connectivity index (χ1) is 9.06. The molecule has 5 heteroatoms. The number of nitrogens with zero attached hydrogens (tertiary/aromatic N) is 1. The highest BCUT2D eigenvalue weighted by atomic mass is 79.9. The predicted octanol–water partition coefficient (Wildman–Crippen LogP) is 3.63. The van der Waals surface area contributed by atoms with Crippen LogP contribution >= 0.6 is 15.9 Å². The van der Waals surface area contributed by atoms with Crippen LogP contribution in [-0.4, -0.2) is 10.0 Å². The van der Waals surface area contributed by atoms with Crippen molar-refractivity contribution in [2.24, 2.45) is 0 Å². The lowest BCUT2D eigenvalue weighted by molar-refractivity contribution is -0.384. The van der Waals surface area contributed by atoms with Crippen molar-refractivity contribution in [2.45, 2.75) is 12.5 Å². The summed E-state index contributed by atoms with van der Waals surface area (Å²) in [6, 6.07) is 13.7. The van der Waals surface area contributed by atoms with E-state index < -0.39 is 11.0 Å². The first kappa shape index (κ1) is 13.7. The lowest BCUT2D eigenvalue weighted by Gasteiger charge is -2.11. The van der Waals surface area contributed by atoms with E-state index in [9.17, 15) is 15.2 Å². The smallest absolute Gasteiger partial charge is 0.269 e. The van der Waals surface area contributed by atoms with E-state index in [-0.39, 0.29) is 5.69 Å². The van der Waals surface area contributed by atoms with Crippen LogP contribution in [0.5, 0.6) is 0 Å². The predicted molar refractivity (Wildman–Crippen MR) is 75.9 cm³/mol. The fourth-order valence-electron chi connectivity index (χ4n) is 1.81. The zero-order valence-electron chi connectivity index (χ0n) is 9.99. The Morgan fingerprint density at radius 3 is 2.47 bits per heavy atom. The van der Waals surface area contributed by atoms with E-state index in [4.69, 9.17) is 0 Å². The lowest BCUT2D eigenvalue weighted by Crippen LogP contribution is -2.01. The molecule has 4 nitrogen and oxygen atoms in total. The molecule has 2 aromatic rings. The van der Waals surface area contributed by atoms with Crippen molar-refractivity contribution in [1.29, 1.82) is 0 Å². The number of nitro benzene ring substituents is 1. The minimum atomic E-state index is -0.626. The number of rotatable bonds is 4. The topological polar surface area (TPSA) is 63.4 Å². The van der Waals surface area contributed by atoms with Gasteiger partial charge in [-0.15, -0.1) is 0 Å². The molecule has 0 radical (unpaired) electrons. The van der Waals surface area contributed by atoms with Gasteiger partial charge in [0.25, 0.3) is 5.69 Å². The second-order valence-corrected chi connectivity index (χ2v) is 5.11. The fourth-order valence-corrected chi connectivity index (χ4v) is 2.23. The van der Waals surface area contributed by atoms with Gasteiger partial charge >= 0.3 is 0 Å². The highest BCUT2D eigenvalue weighted by molar-refractivity contribution is 9.10. The summed E-state index contributed by atoms with van der Waals surface area (Å²) in [5.74, 6) is 0. The van der Waals surface area contributed by atoms with Gasteiger partial charge in [0.1, 0.15) is 0 Å². The van der Waals surface area contributed by atoms with Crippen LogP contribution in [0.3, 0.4) is 0 Å². The largest absolute Gasteiger partial charge is 0.388 e. The molecule has 2 rings (SSSR count). The van der Waals surface area contributed by atoms with Crippen LogP contribution in [0.15, 0.2) is 53.0 Å². The van der Waals surface area contributed by atoms with Gasteiger partial charge in [0, 0.05) is 23.0 Å². The molecule has 0 saturated heterocycles. The summed E-state index contributed by atoms with van der Waals surface area (Å²) in [5, 5.41) is 20.7. The number of halogens is 1. The monoisotopic (exact) mass is 321 g/mol. The Bertz CT molecular complexity index is 583. The van der Waals surface area contributed by atoms with E-state index in [1.54, 1.807) is 12.1 Å². The minimum Gasteiger partial charge on any atom is -0.388 e. The van der Waals surface area contributed by atoms with Crippen molar-refractivity contribution in [3.05, 3.63) is 74.2 Å². The summed E-state index contributed by atoms with van der Waals surface area (Å²) in [6.45, 7) is 0. The van der Waals surface area contributed by atoms with E-state index in [1.807, 2.05) is 24.3 Å². The van der Waals surface area contributed by atoms with Gasteiger partial charge in [0.05, 0.1) is 11.0 Å². The fraction of sp³-hybridized carbons (Fsp3) is 0.143. The second kappa shape index (κ2) is 5.95. The molecule has 0 spiro atoms. The summed E-state index contributed by atoms with van der Waals surface area (Å²) in [4.78, 5) is 10.1. The number of hydrogen-bond acceptors (Lipinski definition) is 3. The Morgan fingerprint density at radius 2 is 1.89 bits per heavy atom. The number of aliphatic hydroxyl groups excluding tert-OH is 1. The molecule has 1 N–H and O–H groups in total. The molecule has 0 fully saturated rings. The molecule has 0 heterocycles. The Hall–Kier alpha value is -1.72. The van der Waals surface area contributed by atoms with Crippen molar-refractivity contribution in [1.82, 2.24) is 0 Å². The van der Waals surface area contributed by atoms with Gasteiger partial charge < -0.3 is 5.11 Å². The van der Waals surface area contributed by atoms with Gasteiger partial charge in [-0.1, -0.05) is 40.2 Å². The van der Waals surface area contributed by atoms with Gasteiger partial charge in [-0.2, -0.15) is 0 Å². The first-order valence-corrected chi connectivity index (χ1v) is 6.52. The Kier molecular flexibility index (Phi) is 4.29. The second-order valence-electron chi connectivity index (χ2n) is 4.20. The molecule has 0 aliphatic rings. The average Bonchev–Trinajstić information content (AvgIpc) is 2.39. The summed E-state index contributed by atoms with van der Waals surface area (Å²) >= 11 is 3.36. The van der Waals surface area contributed by atoms with Crippen LogP contribution in [0.25, 0.3) is 0 Å². The molecule has 19 heavy (non-hydrogen) atoms. The molecular formula is C14H12BrNO3. The summed E-state index contributed by atoms with van der Waals surface area (Å²) in [5.41, 5.74) is 1.73. The molecule has 1 unspecified atom stereocenters.